The molecule has 1 aliphatic rings. The monoisotopic (exact) mass is 427 g/mol. The molecule has 1 amide bonds. The summed E-state index contributed by atoms with van der Waals surface area (Å²) in [5.41, 5.74) is 3.11. The number of hydrogen-bond acceptors (Lipinski definition) is 6. The summed E-state index contributed by atoms with van der Waals surface area (Å²) in [6.07, 6.45) is 0. The molecule has 168 valence electrons. The molecule has 1 atom stereocenters. The van der Waals surface area contributed by atoms with Gasteiger partial charge in [0.2, 0.25) is 5.91 Å². The Bertz CT molecular complexity index is 894. The number of aryl methyl sites for hydroxylation is 1. The second-order valence-corrected chi connectivity index (χ2v) is 7.81. The van der Waals surface area contributed by atoms with Crippen LogP contribution in [0, 0.1) is 6.92 Å². The maximum atomic E-state index is 12.8. The number of hydrogen-bond donors (Lipinski definition) is 1. The Kier molecular flexibility index (Phi) is 7.76. The zero-order valence-corrected chi connectivity index (χ0v) is 19.1. The van der Waals surface area contributed by atoms with Gasteiger partial charge in [-0.25, -0.2) is 0 Å². The highest BCUT2D eigenvalue weighted by Crippen LogP contribution is 2.31. The quantitative estimate of drug-likeness (QED) is 0.698. The maximum absolute atomic E-state index is 12.8. The van der Waals surface area contributed by atoms with Crippen LogP contribution in [0.25, 0.3) is 0 Å². The van der Waals surface area contributed by atoms with Crippen LogP contribution in [0.4, 0.5) is 5.69 Å². The smallest absolute Gasteiger partial charge is 0.241 e. The zero-order chi connectivity index (χ0) is 22.4. The number of methoxy groups -OCH3 is 3. The molecule has 1 aliphatic heterocycles. The predicted molar refractivity (Wildman–Crippen MR) is 122 cm³/mol. The van der Waals surface area contributed by atoms with Crippen LogP contribution in [0.5, 0.6) is 17.2 Å². The number of piperazine rings is 1. The normalized spacial score (nSPS) is 15.9. The van der Waals surface area contributed by atoms with Gasteiger partial charge in [-0.3, -0.25) is 14.6 Å². The van der Waals surface area contributed by atoms with Gasteiger partial charge >= 0.3 is 0 Å². The number of carbonyl (C=O) groups is 1. The number of amides is 1. The Morgan fingerprint density at radius 2 is 1.58 bits per heavy atom. The molecule has 0 aliphatic carbocycles. The number of ether oxygens (including phenoxy) is 3. The van der Waals surface area contributed by atoms with Crippen molar-refractivity contribution in [2.24, 2.45) is 0 Å². The molecule has 2 aromatic rings. The largest absolute Gasteiger partial charge is 0.495 e. The van der Waals surface area contributed by atoms with E-state index in [-0.39, 0.29) is 11.9 Å². The first-order valence-electron chi connectivity index (χ1n) is 10.6. The Morgan fingerprint density at radius 3 is 2.23 bits per heavy atom. The molecular formula is C24H33N3O4. The lowest BCUT2D eigenvalue weighted by atomic mass is 10.1. The van der Waals surface area contributed by atoms with Gasteiger partial charge < -0.3 is 19.5 Å². The molecule has 31 heavy (non-hydrogen) atoms. The highest BCUT2D eigenvalue weighted by Gasteiger charge is 2.26. The molecule has 0 spiro atoms. The van der Waals surface area contributed by atoms with Crippen LogP contribution in [0.3, 0.4) is 0 Å². The third-order valence-electron chi connectivity index (χ3n) is 5.93. The van der Waals surface area contributed by atoms with Gasteiger partial charge in [-0.15, -0.1) is 0 Å². The van der Waals surface area contributed by atoms with Crippen LogP contribution in [0.2, 0.25) is 0 Å². The Labute approximate surface area is 184 Å². The maximum Gasteiger partial charge on any atom is 0.241 e. The molecule has 0 saturated carbocycles. The number of benzene rings is 2. The number of rotatable bonds is 8. The lowest BCUT2D eigenvalue weighted by molar-refractivity contribution is -0.121. The van der Waals surface area contributed by atoms with Gasteiger partial charge in [-0.05, 0) is 49.2 Å². The molecule has 1 saturated heterocycles. The molecule has 0 radical (unpaired) electrons. The molecule has 1 unspecified atom stereocenters. The van der Waals surface area contributed by atoms with Crippen LogP contribution in [0.1, 0.15) is 18.1 Å². The van der Waals surface area contributed by atoms with Gasteiger partial charge in [0.25, 0.3) is 0 Å². The lowest BCUT2D eigenvalue weighted by Gasteiger charge is -2.37. The summed E-state index contributed by atoms with van der Waals surface area (Å²) < 4.78 is 16.2. The fourth-order valence-corrected chi connectivity index (χ4v) is 3.89. The first-order chi connectivity index (χ1) is 15.0. The number of nitrogens with one attached hydrogen (secondary N) is 1. The molecule has 1 heterocycles. The van der Waals surface area contributed by atoms with Crippen molar-refractivity contribution in [3.63, 3.8) is 0 Å². The minimum Gasteiger partial charge on any atom is -0.495 e. The number of para-hydroxylation sites is 2. The number of anilines is 1. The van der Waals surface area contributed by atoms with Crippen molar-refractivity contribution in [2.75, 3.05) is 52.8 Å². The van der Waals surface area contributed by atoms with Crippen LogP contribution < -0.4 is 19.5 Å². The van der Waals surface area contributed by atoms with E-state index in [2.05, 4.69) is 28.1 Å². The lowest BCUT2D eigenvalue weighted by Crippen LogP contribution is -2.52. The summed E-state index contributed by atoms with van der Waals surface area (Å²) in [6.45, 7) is 8.39. The van der Waals surface area contributed by atoms with E-state index in [4.69, 9.17) is 14.2 Å². The second kappa shape index (κ2) is 10.5. The van der Waals surface area contributed by atoms with Crippen LogP contribution in [-0.2, 0) is 11.3 Å². The van der Waals surface area contributed by atoms with Crippen molar-refractivity contribution in [3.05, 3.63) is 47.5 Å². The van der Waals surface area contributed by atoms with E-state index in [0.29, 0.717) is 11.4 Å². The molecule has 2 aromatic carbocycles. The topological polar surface area (TPSA) is 63.3 Å². The average molecular weight is 428 g/mol. The van der Waals surface area contributed by atoms with E-state index in [1.54, 1.807) is 21.3 Å². The first kappa shape index (κ1) is 22.9. The van der Waals surface area contributed by atoms with Gasteiger partial charge in [-0.1, -0.05) is 12.1 Å². The first-order valence-corrected chi connectivity index (χ1v) is 10.6. The van der Waals surface area contributed by atoms with Crippen molar-refractivity contribution < 1.29 is 19.0 Å². The summed E-state index contributed by atoms with van der Waals surface area (Å²) >= 11 is 0. The average Bonchev–Trinajstić information content (AvgIpc) is 2.80. The fourth-order valence-electron chi connectivity index (χ4n) is 3.89. The van der Waals surface area contributed by atoms with E-state index in [0.717, 1.165) is 44.2 Å². The van der Waals surface area contributed by atoms with Crippen molar-refractivity contribution in [3.8, 4) is 17.2 Å². The van der Waals surface area contributed by atoms with Gasteiger partial charge in [0.15, 0.2) is 11.5 Å². The third-order valence-corrected chi connectivity index (χ3v) is 5.93. The summed E-state index contributed by atoms with van der Waals surface area (Å²) in [4.78, 5) is 17.4. The van der Waals surface area contributed by atoms with Gasteiger partial charge in [0.1, 0.15) is 5.75 Å². The molecule has 0 bridgehead atoms. The minimum atomic E-state index is -0.213. The van der Waals surface area contributed by atoms with Crippen molar-refractivity contribution in [1.29, 1.82) is 0 Å². The van der Waals surface area contributed by atoms with E-state index in [9.17, 15) is 4.79 Å². The Hall–Kier alpha value is -2.77. The summed E-state index contributed by atoms with van der Waals surface area (Å²) in [5, 5.41) is 3.00. The molecule has 1 fully saturated rings. The standard InChI is InChI=1S/C24H33N3O4/c1-17-14-22(30-4)23(31-5)15-19(17)16-26-10-12-27(13-11-26)18(2)24(28)25-20-8-6-7-9-21(20)29-3/h6-9,14-15,18H,10-13,16H2,1-5H3,(H,25,28). The molecule has 1 N–H and O–H groups in total. The minimum absolute atomic E-state index is 0.0197. The van der Waals surface area contributed by atoms with Crippen molar-refractivity contribution >= 4 is 11.6 Å². The van der Waals surface area contributed by atoms with Crippen molar-refractivity contribution in [1.82, 2.24) is 9.80 Å². The Balaban J connectivity index is 1.56. The van der Waals surface area contributed by atoms with E-state index in [1.807, 2.05) is 37.3 Å². The summed E-state index contributed by atoms with van der Waals surface area (Å²) in [6, 6.07) is 11.3. The van der Waals surface area contributed by atoms with Gasteiger partial charge in [0, 0.05) is 32.7 Å². The third kappa shape index (κ3) is 5.48. The van der Waals surface area contributed by atoms with Crippen LogP contribution in [-0.4, -0.2) is 69.3 Å². The zero-order valence-electron chi connectivity index (χ0n) is 19.1. The number of carbonyl (C=O) groups excluding carboxylic acids is 1. The van der Waals surface area contributed by atoms with E-state index >= 15 is 0 Å². The van der Waals surface area contributed by atoms with Crippen LogP contribution in [0.15, 0.2) is 36.4 Å². The Morgan fingerprint density at radius 1 is 0.968 bits per heavy atom. The molecule has 0 aromatic heterocycles. The molecule has 7 heteroatoms. The van der Waals surface area contributed by atoms with Gasteiger partial charge in [0.05, 0.1) is 33.1 Å². The number of nitrogens with zero attached hydrogens (tertiary/aromatic N) is 2. The van der Waals surface area contributed by atoms with Gasteiger partial charge in [-0.2, -0.15) is 0 Å². The highest BCUT2D eigenvalue weighted by atomic mass is 16.5. The van der Waals surface area contributed by atoms with E-state index < -0.39 is 0 Å². The highest BCUT2D eigenvalue weighted by molar-refractivity contribution is 5.95. The summed E-state index contributed by atoms with van der Waals surface area (Å²) in [7, 11) is 4.92. The molecule has 7 nitrogen and oxygen atoms in total. The van der Waals surface area contributed by atoms with Crippen molar-refractivity contribution in [2.45, 2.75) is 26.4 Å². The van der Waals surface area contributed by atoms with Crippen LogP contribution >= 0.6 is 0 Å². The second-order valence-electron chi connectivity index (χ2n) is 7.81. The molecular weight excluding hydrogens is 394 g/mol. The predicted octanol–water partition coefficient (Wildman–Crippen LogP) is 3.17. The fraction of sp³-hybridized carbons (Fsp3) is 0.458. The summed E-state index contributed by atoms with van der Waals surface area (Å²) in [5.74, 6) is 2.15. The molecule has 3 rings (SSSR count). The SMILES string of the molecule is COc1ccccc1NC(=O)C(C)N1CCN(Cc2cc(OC)c(OC)cc2C)CC1. The van der Waals surface area contributed by atoms with E-state index in [1.165, 1.54) is 11.1 Å².